The molecule has 6 nitrogen and oxygen atoms in total. The Morgan fingerprint density at radius 3 is 2.52 bits per heavy atom. The summed E-state index contributed by atoms with van der Waals surface area (Å²) in [6, 6.07) is 24.7. The van der Waals surface area contributed by atoms with Crippen LogP contribution >= 0.6 is 24.8 Å². The van der Waals surface area contributed by atoms with Gasteiger partial charge in [-0.2, -0.15) is 0 Å². The fourth-order valence-corrected chi connectivity index (χ4v) is 8.00. The van der Waals surface area contributed by atoms with Crippen molar-refractivity contribution in [1.29, 1.82) is 0 Å². The highest BCUT2D eigenvalue weighted by atomic mass is 35.5. The Morgan fingerprint density at radius 2 is 1.73 bits per heavy atom. The molecule has 6 rings (SSSR count). The summed E-state index contributed by atoms with van der Waals surface area (Å²) in [5.41, 5.74) is 4.99. The summed E-state index contributed by atoms with van der Waals surface area (Å²) in [5, 5.41) is 23.7. The van der Waals surface area contributed by atoms with E-state index >= 15 is 0 Å². The van der Waals surface area contributed by atoms with Gasteiger partial charge in [-0.15, -0.1) is 24.8 Å². The first-order valence-electron chi connectivity index (χ1n) is 15.8. The lowest BCUT2D eigenvalue weighted by Gasteiger charge is -2.56. The molecule has 0 spiro atoms. The van der Waals surface area contributed by atoms with Crippen LogP contribution < -0.4 is 5.32 Å². The number of phenolic OH excluding ortho intramolecular Hbond substituents is 2. The number of fused-ring (bicyclic) bond motifs is 3. The number of rotatable bonds is 9. The van der Waals surface area contributed by atoms with Crippen LogP contribution in [0.5, 0.6) is 11.5 Å². The second kappa shape index (κ2) is 15.0. The Kier molecular flexibility index (Phi) is 11.6. The molecule has 1 amide bonds. The Hall–Kier alpha value is -2.77. The molecule has 44 heavy (non-hydrogen) atoms. The first-order chi connectivity index (χ1) is 20.4. The van der Waals surface area contributed by atoms with Gasteiger partial charge in [0.05, 0.1) is 0 Å². The lowest BCUT2D eigenvalue weighted by molar-refractivity contribution is -0.123. The van der Waals surface area contributed by atoms with Crippen molar-refractivity contribution in [1.82, 2.24) is 15.1 Å². The Bertz CT molecular complexity index is 1390. The number of carbonyl (C=O) groups is 1. The van der Waals surface area contributed by atoms with Gasteiger partial charge in [0.15, 0.2) is 0 Å². The zero-order chi connectivity index (χ0) is 29.1. The highest BCUT2D eigenvalue weighted by molar-refractivity contribution is 5.85. The van der Waals surface area contributed by atoms with E-state index in [4.69, 9.17) is 0 Å². The van der Waals surface area contributed by atoms with Gasteiger partial charge in [0.2, 0.25) is 5.91 Å². The second-order valence-corrected chi connectivity index (χ2v) is 13.0. The Morgan fingerprint density at radius 1 is 0.932 bits per heavy atom. The largest absolute Gasteiger partial charge is 0.508 e. The lowest BCUT2D eigenvalue weighted by atomic mass is 9.57. The minimum atomic E-state index is -0.0614. The van der Waals surface area contributed by atoms with Gasteiger partial charge in [-0.1, -0.05) is 55.5 Å². The normalized spacial score (nSPS) is 24.8. The number of amides is 1. The number of benzene rings is 3. The molecule has 1 aliphatic carbocycles. The average Bonchev–Trinajstić information content (AvgIpc) is 2.99. The molecule has 4 atom stereocenters. The van der Waals surface area contributed by atoms with E-state index in [1.165, 1.54) is 16.7 Å². The molecule has 1 saturated carbocycles. The van der Waals surface area contributed by atoms with E-state index in [0.717, 1.165) is 76.8 Å². The number of likely N-dealkylation sites (tertiary alicyclic amines) is 1. The van der Waals surface area contributed by atoms with Crippen LogP contribution in [0.15, 0.2) is 72.8 Å². The first kappa shape index (κ1) is 34.1. The number of halogens is 2. The maximum absolute atomic E-state index is 13.3. The summed E-state index contributed by atoms with van der Waals surface area (Å²) in [5.74, 6) is 1.16. The molecule has 2 aliphatic heterocycles. The number of hydrogen-bond donors (Lipinski definition) is 3. The van der Waals surface area contributed by atoms with Crippen molar-refractivity contribution in [2.75, 3.05) is 26.2 Å². The molecular weight excluding hydrogens is 593 g/mol. The standard InChI is InChI=1S/C36H45N3O3.2ClH/c1-26-24-39(16-6-9-27-7-3-2-4-8-27)32-21-31(22-36(26,23-32)30-10-5-11-33(40)20-30)37-35(42)15-18-38-17-14-28-12-13-34(41)19-29(28)25-38;;/h2-5,7-8,10-13,19-20,26,31-32,40-41H,6,9,14-18,21-25H2,1H3,(H,37,42);2*1H/t26-,31+,32+,36+;;/m1../s1. The van der Waals surface area contributed by atoms with Crippen LogP contribution in [0.1, 0.15) is 61.3 Å². The highest BCUT2D eigenvalue weighted by Crippen LogP contribution is 2.50. The zero-order valence-corrected chi connectivity index (χ0v) is 27.3. The second-order valence-electron chi connectivity index (χ2n) is 13.0. The monoisotopic (exact) mass is 639 g/mol. The number of carbonyl (C=O) groups excluding carboxylic acids is 1. The fourth-order valence-electron chi connectivity index (χ4n) is 8.00. The minimum absolute atomic E-state index is 0. The van der Waals surface area contributed by atoms with Crippen molar-refractivity contribution in [3.8, 4) is 11.5 Å². The van der Waals surface area contributed by atoms with E-state index < -0.39 is 0 Å². The van der Waals surface area contributed by atoms with Gasteiger partial charge in [0.1, 0.15) is 11.5 Å². The van der Waals surface area contributed by atoms with Crippen LogP contribution in [0.25, 0.3) is 0 Å². The number of nitrogens with zero attached hydrogens (tertiary/aromatic N) is 2. The molecule has 3 aliphatic rings. The van der Waals surface area contributed by atoms with Crippen LogP contribution in [-0.2, 0) is 29.6 Å². The lowest BCUT2D eigenvalue weighted by Crippen LogP contribution is -2.61. The smallest absolute Gasteiger partial charge is 0.221 e. The fraction of sp³-hybridized carbons (Fsp3) is 0.472. The Balaban J connectivity index is 0.00000221. The third-order valence-corrected chi connectivity index (χ3v) is 10.2. The van der Waals surface area contributed by atoms with E-state index in [9.17, 15) is 15.0 Å². The van der Waals surface area contributed by atoms with Crippen molar-refractivity contribution in [2.24, 2.45) is 5.92 Å². The molecule has 2 fully saturated rings. The van der Waals surface area contributed by atoms with Gasteiger partial charge in [0.25, 0.3) is 0 Å². The predicted octanol–water partition coefficient (Wildman–Crippen LogP) is 6.25. The van der Waals surface area contributed by atoms with Crippen LogP contribution in [-0.4, -0.2) is 64.2 Å². The van der Waals surface area contributed by atoms with Crippen LogP contribution in [0.3, 0.4) is 0 Å². The van der Waals surface area contributed by atoms with Crippen molar-refractivity contribution in [2.45, 2.75) is 75.9 Å². The summed E-state index contributed by atoms with van der Waals surface area (Å²) >= 11 is 0. The van der Waals surface area contributed by atoms with Crippen LogP contribution in [0, 0.1) is 5.92 Å². The average molecular weight is 641 g/mol. The Labute approximate surface area is 274 Å². The third kappa shape index (κ3) is 7.71. The number of nitrogens with one attached hydrogen (secondary N) is 1. The molecule has 0 aromatic heterocycles. The van der Waals surface area contributed by atoms with Gasteiger partial charge in [-0.25, -0.2) is 0 Å². The van der Waals surface area contributed by atoms with Crippen molar-refractivity contribution >= 4 is 30.7 Å². The van der Waals surface area contributed by atoms with Gasteiger partial charge in [0, 0.05) is 50.1 Å². The van der Waals surface area contributed by atoms with E-state index in [0.29, 0.717) is 29.9 Å². The number of hydrogen-bond acceptors (Lipinski definition) is 5. The molecule has 2 heterocycles. The summed E-state index contributed by atoms with van der Waals surface area (Å²) in [4.78, 5) is 18.3. The quantitative estimate of drug-likeness (QED) is 0.258. The molecular formula is C36H47Cl2N3O3. The number of aryl methyl sites for hydroxylation is 1. The maximum atomic E-state index is 13.3. The van der Waals surface area contributed by atoms with Gasteiger partial charge < -0.3 is 15.5 Å². The minimum Gasteiger partial charge on any atom is -0.508 e. The topological polar surface area (TPSA) is 76.0 Å². The van der Waals surface area contributed by atoms with Gasteiger partial charge in [-0.3, -0.25) is 14.6 Å². The van der Waals surface area contributed by atoms with Crippen molar-refractivity contribution in [3.63, 3.8) is 0 Å². The highest BCUT2D eigenvalue weighted by Gasteiger charge is 2.51. The number of aromatic hydroxyl groups is 2. The summed E-state index contributed by atoms with van der Waals surface area (Å²) < 4.78 is 0. The molecule has 238 valence electrons. The van der Waals surface area contributed by atoms with Crippen LogP contribution in [0.2, 0.25) is 0 Å². The number of piperidine rings is 1. The predicted molar refractivity (Wildman–Crippen MR) is 181 cm³/mol. The molecule has 0 unspecified atom stereocenters. The number of phenols is 2. The molecule has 0 radical (unpaired) electrons. The summed E-state index contributed by atoms with van der Waals surface area (Å²) in [6.45, 7) is 6.90. The van der Waals surface area contributed by atoms with E-state index in [1.54, 1.807) is 12.1 Å². The third-order valence-electron chi connectivity index (χ3n) is 10.2. The van der Waals surface area contributed by atoms with E-state index in [1.807, 2.05) is 24.3 Å². The summed E-state index contributed by atoms with van der Waals surface area (Å²) in [6.07, 6.45) is 6.58. The molecule has 3 aromatic carbocycles. The van der Waals surface area contributed by atoms with Crippen molar-refractivity contribution in [3.05, 3.63) is 95.1 Å². The SMILES string of the molecule is C[C@@H]1CN(CCCc2ccccc2)[C@H]2C[C@H](NC(=O)CCN3CCc4ccc(O)cc4C3)C[C@]1(c1cccc(O)c1)C2.Cl.Cl. The van der Waals surface area contributed by atoms with Crippen LogP contribution in [0.4, 0.5) is 0 Å². The first-order valence-corrected chi connectivity index (χ1v) is 15.8. The van der Waals surface area contributed by atoms with E-state index in [-0.39, 0.29) is 42.2 Å². The van der Waals surface area contributed by atoms with Gasteiger partial charge in [-0.05, 0) is 97.5 Å². The summed E-state index contributed by atoms with van der Waals surface area (Å²) in [7, 11) is 0. The molecule has 3 N–H and O–H groups in total. The molecule has 8 heteroatoms. The van der Waals surface area contributed by atoms with Crippen molar-refractivity contribution < 1.29 is 15.0 Å². The van der Waals surface area contributed by atoms with Gasteiger partial charge >= 0.3 is 0 Å². The molecule has 1 saturated heterocycles. The molecule has 3 aromatic rings. The maximum Gasteiger partial charge on any atom is 0.221 e. The molecule has 2 bridgehead atoms. The van der Waals surface area contributed by atoms with E-state index in [2.05, 4.69) is 58.4 Å². The zero-order valence-electron chi connectivity index (χ0n) is 25.7.